The molecule has 1 heterocycles. The van der Waals surface area contributed by atoms with Gasteiger partial charge in [0, 0.05) is 19.6 Å². The Kier molecular flexibility index (Phi) is 7.72. The third-order valence-corrected chi connectivity index (χ3v) is 3.49. The van der Waals surface area contributed by atoms with Gasteiger partial charge in [-0.25, -0.2) is 4.99 Å². The summed E-state index contributed by atoms with van der Waals surface area (Å²) in [7, 11) is 0. The molecule has 1 unspecified atom stereocenters. The zero-order valence-electron chi connectivity index (χ0n) is 12.4. The molecule has 3 N–H and O–H groups in total. The van der Waals surface area contributed by atoms with Crippen molar-refractivity contribution in [1.29, 1.82) is 0 Å². The Morgan fingerprint density at radius 1 is 1.30 bits per heavy atom. The van der Waals surface area contributed by atoms with Gasteiger partial charge in [-0.3, -0.25) is 4.79 Å². The third-order valence-electron chi connectivity index (χ3n) is 2.79. The molecular formula is C14H24N4OS. The van der Waals surface area contributed by atoms with Crippen molar-refractivity contribution in [2.45, 2.75) is 26.7 Å². The lowest BCUT2D eigenvalue weighted by Gasteiger charge is -2.15. The number of carbonyl (C=O) groups is 1. The quantitative estimate of drug-likeness (QED) is 0.528. The van der Waals surface area contributed by atoms with Gasteiger partial charge < -0.3 is 16.0 Å². The monoisotopic (exact) mass is 296 g/mol. The molecule has 1 amide bonds. The van der Waals surface area contributed by atoms with Gasteiger partial charge in [-0.2, -0.15) is 11.3 Å². The fourth-order valence-electron chi connectivity index (χ4n) is 1.67. The number of hydrogen-bond acceptors (Lipinski definition) is 3. The zero-order valence-corrected chi connectivity index (χ0v) is 13.2. The molecule has 6 heteroatoms. The van der Waals surface area contributed by atoms with Crippen molar-refractivity contribution in [3.8, 4) is 0 Å². The van der Waals surface area contributed by atoms with Crippen molar-refractivity contribution >= 4 is 23.2 Å². The van der Waals surface area contributed by atoms with Gasteiger partial charge in [0.2, 0.25) is 5.91 Å². The van der Waals surface area contributed by atoms with Gasteiger partial charge in [-0.05, 0) is 42.2 Å². The normalized spacial score (nSPS) is 12.8. The van der Waals surface area contributed by atoms with Crippen LogP contribution in [0.5, 0.6) is 0 Å². The summed E-state index contributed by atoms with van der Waals surface area (Å²) in [5, 5.41) is 13.4. The Bertz CT molecular complexity index is 417. The number of thiophene rings is 1. The second-order valence-electron chi connectivity index (χ2n) is 4.49. The topological polar surface area (TPSA) is 65.5 Å². The number of hydrogen-bond donors (Lipinski definition) is 3. The van der Waals surface area contributed by atoms with E-state index in [-0.39, 0.29) is 12.5 Å². The summed E-state index contributed by atoms with van der Waals surface area (Å²) in [4.78, 5) is 15.7. The van der Waals surface area contributed by atoms with E-state index in [1.807, 2.05) is 13.8 Å². The van der Waals surface area contributed by atoms with Crippen molar-refractivity contribution in [2.24, 2.45) is 4.99 Å². The fourth-order valence-corrected chi connectivity index (χ4v) is 2.45. The Morgan fingerprint density at radius 3 is 2.65 bits per heavy atom. The molecule has 0 aliphatic rings. The van der Waals surface area contributed by atoms with E-state index in [9.17, 15) is 4.79 Å². The highest BCUT2D eigenvalue weighted by molar-refractivity contribution is 7.07. The molecule has 20 heavy (non-hydrogen) atoms. The molecule has 112 valence electrons. The molecule has 5 nitrogen and oxygen atoms in total. The van der Waals surface area contributed by atoms with Gasteiger partial charge in [0.25, 0.3) is 0 Å². The number of aliphatic imine (C=N–C) groups is 1. The molecule has 0 saturated heterocycles. The van der Waals surface area contributed by atoms with E-state index >= 15 is 0 Å². The van der Waals surface area contributed by atoms with Crippen LogP contribution < -0.4 is 16.0 Å². The molecule has 0 radical (unpaired) electrons. The zero-order chi connectivity index (χ0) is 14.8. The SMILES string of the molecule is CCNC(=O)CN=C(NCC)NCC(C)c1ccsc1. The van der Waals surface area contributed by atoms with Crippen LogP contribution >= 0.6 is 11.3 Å². The van der Waals surface area contributed by atoms with Crippen molar-refractivity contribution in [3.05, 3.63) is 22.4 Å². The highest BCUT2D eigenvalue weighted by Gasteiger charge is 2.07. The molecule has 1 aromatic heterocycles. The predicted octanol–water partition coefficient (Wildman–Crippen LogP) is 1.54. The number of guanidine groups is 1. The Labute approximate surface area is 124 Å². The molecule has 1 atom stereocenters. The maximum atomic E-state index is 11.4. The lowest BCUT2D eigenvalue weighted by atomic mass is 10.1. The second-order valence-corrected chi connectivity index (χ2v) is 5.27. The number of carbonyl (C=O) groups excluding carboxylic acids is 1. The number of nitrogens with zero attached hydrogens (tertiary/aromatic N) is 1. The van der Waals surface area contributed by atoms with Crippen LogP contribution in [0.15, 0.2) is 21.8 Å². The predicted molar refractivity (Wildman–Crippen MR) is 85.4 cm³/mol. The first-order chi connectivity index (χ1) is 9.67. The summed E-state index contributed by atoms with van der Waals surface area (Å²) in [6, 6.07) is 2.13. The summed E-state index contributed by atoms with van der Waals surface area (Å²) >= 11 is 1.71. The van der Waals surface area contributed by atoms with Crippen LogP contribution in [-0.2, 0) is 4.79 Å². The van der Waals surface area contributed by atoms with Crippen molar-refractivity contribution in [1.82, 2.24) is 16.0 Å². The van der Waals surface area contributed by atoms with Crippen LogP contribution in [0, 0.1) is 0 Å². The molecule has 0 aliphatic heterocycles. The van der Waals surface area contributed by atoms with Crippen LogP contribution in [-0.4, -0.2) is 38.0 Å². The molecule has 0 aromatic carbocycles. The van der Waals surface area contributed by atoms with Gasteiger partial charge >= 0.3 is 0 Å². The molecule has 1 rings (SSSR count). The number of likely N-dealkylation sites (N-methyl/N-ethyl adjacent to an activating group) is 1. The lowest BCUT2D eigenvalue weighted by molar-refractivity contribution is -0.119. The van der Waals surface area contributed by atoms with Crippen LogP contribution in [0.3, 0.4) is 0 Å². The summed E-state index contributed by atoms with van der Waals surface area (Å²) in [6.45, 7) is 8.41. The van der Waals surface area contributed by atoms with E-state index in [0.29, 0.717) is 18.4 Å². The minimum Gasteiger partial charge on any atom is -0.357 e. The van der Waals surface area contributed by atoms with Crippen molar-refractivity contribution in [2.75, 3.05) is 26.2 Å². The number of amides is 1. The van der Waals surface area contributed by atoms with Crippen LogP contribution in [0.25, 0.3) is 0 Å². The Morgan fingerprint density at radius 2 is 2.05 bits per heavy atom. The summed E-state index contributed by atoms with van der Waals surface area (Å²) in [6.07, 6.45) is 0. The van der Waals surface area contributed by atoms with Gasteiger partial charge in [0.1, 0.15) is 6.54 Å². The fraction of sp³-hybridized carbons (Fsp3) is 0.571. The summed E-state index contributed by atoms with van der Waals surface area (Å²) in [5.74, 6) is 1.03. The standard InChI is InChI=1S/C14H24N4OS/c1-4-15-13(19)9-18-14(16-5-2)17-8-11(3)12-6-7-20-10-12/h6-7,10-11H,4-5,8-9H2,1-3H3,(H,15,19)(H2,16,17,18). The summed E-state index contributed by atoms with van der Waals surface area (Å²) < 4.78 is 0. The van der Waals surface area contributed by atoms with E-state index < -0.39 is 0 Å². The molecular weight excluding hydrogens is 272 g/mol. The lowest BCUT2D eigenvalue weighted by Crippen LogP contribution is -2.40. The van der Waals surface area contributed by atoms with Crippen molar-refractivity contribution in [3.63, 3.8) is 0 Å². The average molecular weight is 296 g/mol. The van der Waals surface area contributed by atoms with E-state index in [1.54, 1.807) is 11.3 Å². The first-order valence-corrected chi connectivity index (χ1v) is 7.92. The van der Waals surface area contributed by atoms with E-state index in [2.05, 4.69) is 44.7 Å². The van der Waals surface area contributed by atoms with E-state index in [0.717, 1.165) is 13.1 Å². The van der Waals surface area contributed by atoms with Crippen LogP contribution in [0.1, 0.15) is 32.3 Å². The minimum absolute atomic E-state index is 0.0596. The maximum absolute atomic E-state index is 11.4. The van der Waals surface area contributed by atoms with E-state index in [1.165, 1.54) is 5.56 Å². The average Bonchev–Trinajstić information content (AvgIpc) is 2.96. The largest absolute Gasteiger partial charge is 0.357 e. The highest BCUT2D eigenvalue weighted by atomic mass is 32.1. The molecule has 1 aromatic rings. The smallest absolute Gasteiger partial charge is 0.241 e. The Hall–Kier alpha value is -1.56. The minimum atomic E-state index is -0.0596. The number of nitrogens with one attached hydrogen (secondary N) is 3. The molecule has 0 fully saturated rings. The summed E-state index contributed by atoms with van der Waals surface area (Å²) in [5.41, 5.74) is 1.32. The molecule has 0 spiro atoms. The highest BCUT2D eigenvalue weighted by Crippen LogP contribution is 2.16. The first-order valence-electron chi connectivity index (χ1n) is 6.98. The maximum Gasteiger partial charge on any atom is 0.241 e. The van der Waals surface area contributed by atoms with Gasteiger partial charge in [-0.1, -0.05) is 6.92 Å². The van der Waals surface area contributed by atoms with Gasteiger partial charge in [0.05, 0.1) is 0 Å². The van der Waals surface area contributed by atoms with Gasteiger partial charge in [0.15, 0.2) is 5.96 Å². The second kappa shape index (κ2) is 9.36. The Balaban J connectivity index is 2.45. The first kappa shape index (κ1) is 16.5. The molecule has 0 aliphatic carbocycles. The molecule has 0 bridgehead atoms. The molecule has 0 saturated carbocycles. The van der Waals surface area contributed by atoms with Crippen LogP contribution in [0.2, 0.25) is 0 Å². The van der Waals surface area contributed by atoms with Crippen molar-refractivity contribution < 1.29 is 4.79 Å². The van der Waals surface area contributed by atoms with E-state index in [4.69, 9.17) is 0 Å². The van der Waals surface area contributed by atoms with Crippen LogP contribution in [0.4, 0.5) is 0 Å². The van der Waals surface area contributed by atoms with Gasteiger partial charge in [-0.15, -0.1) is 0 Å². The third kappa shape index (κ3) is 6.06. The number of rotatable bonds is 7.